The van der Waals surface area contributed by atoms with Crippen molar-refractivity contribution >= 4 is 28.9 Å². The van der Waals surface area contributed by atoms with Gasteiger partial charge in [-0.3, -0.25) is 4.79 Å². The number of rotatable bonds is 9. The third-order valence-corrected chi connectivity index (χ3v) is 6.71. The zero-order valence-corrected chi connectivity index (χ0v) is 23.3. The molecule has 0 fully saturated rings. The van der Waals surface area contributed by atoms with E-state index in [2.05, 4.69) is 102 Å². The van der Waals surface area contributed by atoms with E-state index in [1.807, 2.05) is 13.0 Å². The number of hydrogen-bond donors (Lipinski definition) is 3. The molecule has 1 aromatic heterocycles. The number of hydrogen-bond acceptors (Lipinski definition) is 4. The van der Waals surface area contributed by atoms with Crippen LogP contribution in [0.5, 0.6) is 0 Å². The number of aryl methyl sites for hydroxylation is 1. The van der Waals surface area contributed by atoms with Crippen molar-refractivity contribution in [3.63, 3.8) is 0 Å². The average Bonchev–Trinajstić information content (AvgIpc) is 2.78. The first-order chi connectivity index (χ1) is 16.9. The zero-order chi connectivity index (χ0) is 26.7. The van der Waals surface area contributed by atoms with Gasteiger partial charge in [-0.05, 0) is 64.5 Å². The Morgan fingerprint density at radius 2 is 1.11 bits per heavy atom. The van der Waals surface area contributed by atoms with Crippen molar-refractivity contribution in [3.05, 3.63) is 75.8 Å². The van der Waals surface area contributed by atoms with Gasteiger partial charge < -0.3 is 16.4 Å². The third-order valence-electron chi connectivity index (χ3n) is 6.71. The molecule has 0 saturated heterocycles. The molecule has 1 amide bonds. The van der Waals surface area contributed by atoms with E-state index in [0.717, 1.165) is 16.9 Å². The van der Waals surface area contributed by atoms with Crippen LogP contribution in [0.3, 0.4) is 0 Å². The maximum atomic E-state index is 12.5. The highest BCUT2D eigenvalue weighted by Crippen LogP contribution is 2.38. The van der Waals surface area contributed by atoms with Gasteiger partial charge in [0.15, 0.2) is 0 Å². The number of benzene rings is 2. The molecule has 192 valence electrons. The predicted octanol–water partition coefficient (Wildman–Crippen LogP) is 8.47. The van der Waals surface area contributed by atoms with Crippen LogP contribution >= 0.6 is 0 Å². The maximum absolute atomic E-state index is 12.5. The van der Waals surface area contributed by atoms with Crippen molar-refractivity contribution in [3.8, 4) is 0 Å². The van der Waals surface area contributed by atoms with Gasteiger partial charge in [0.25, 0.3) is 5.91 Å². The minimum absolute atomic E-state index is 0.303. The van der Waals surface area contributed by atoms with Crippen molar-refractivity contribution in [2.75, 3.05) is 10.6 Å². The highest BCUT2D eigenvalue weighted by Gasteiger charge is 2.21. The Morgan fingerprint density at radius 1 is 0.722 bits per heavy atom. The summed E-state index contributed by atoms with van der Waals surface area (Å²) in [5.41, 5.74) is 14.0. The summed E-state index contributed by atoms with van der Waals surface area (Å²) in [6.07, 6.45) is 0. The summed E-state index contributed by atoms with van der Waals surface area (Å²) >= 11 is 0. The number of pyridine rings is 1. The molecule has 5 nitrogen and oxygen atoms in total. The van der Waals surface area contributed by atoms with Gasteiger partial charge in [0.05, 0.1) is 5.56 Å². The lowest BCUT2D eigenvalue weighted by molar-refractivity contribution is 0.100. The number of para-hydroxylation sites is 2. The van der Waals surface area contributed by atoms with Crippen LogP contribution in [-0.4, -0.2) is 10.9 Å². The molecule has 0 atom stereocenters. The van der Waals surface area contributed by atoms with Gasteiger partial charge in [-0.1, -0.05) is 91.8 Å². The van der Waals surface area contributed by atoms with Gasteiger partial charge in [-0.15, -0.1) is 0 Å². The van der Waals surface area contributed by atoms with Crippen LogP contribution in [0.15, 0.2) is 42.5 Å². The van der Waals surface area contributed by atoms with Crippen molar-refractivity contribution in [2.24, 2.45) is 5.73 Å². The van der Waals surface area contributed by atoms with E-state index in [4.69, 9.17) is 10.7 Å². The smallest absolute Gasteiger partial charge is 0.252 e. The quantitative estimate of drug-likeness (QED) is 0.283. The van der Waals surface area contributed by atoms with E-state index in [9.17, 15) is 4.79 Å². The summed E-state index contributed by atoms with van der Waals surface area (Å²) in [5, 5.41) is 7.15. The van der Waals surface area contributed by atoms with Crippen LogP contribution in [0.4, 0.5) is 23.0 Å². The number of carbonyl (C=O) groups excluding carboxylic acids is 1. The minimum atomic E-state index is -0.493. The van der Waals surface area contributed by atoms with Crippen LogP contribution in [0.25, 0.3) is 0 Å². The van der Waals surface area contributed by atoms with E-state index < -0.39 is 5.91 Å². The molecule has 0 bridgehead atoms. The second-order valence-corrected chi connectivity index (χ2v) is 10.9. The highest BCUT2D eigenvalue weighted by atomic mass is 16.1. The highest BCUT2D eigenvalue weighted by molar-refractivity contribution is 6.00. The lowest BCUT2D eigenvalue weighted by Crippen LogP contribution is -2.18. The zero-order valence-electron chi connectivity index (χ0n) is 23.3. The SMILES string of the molecule is Cc1cc(Nc2c(C(C)C)cccc2C(C)C)nc(Nc2c(C(C)C)cccc2C(C)C)c1C(N)=O. The van der Waals surface area contributed by atoms with Gasteiger partial charge in [0.1, 0.15) is 11.6 Å². The predicted molar refractivity (Wildman–Crippen MR) is 153 cm³/mol. The van der Waals surface area contributed by atoms with Crippen molar-refractivity contribution in [2.45, 2.75) is 86.0 Å². The molecule has 4 N–H and O–H groups in total. The molecule has 36 heavy (non-hydrogen) atoms. The van der Waals surface area contributed by atoms with Crippen molar-refractivity contribution in [1.82, 2.24) is 4.98 Å². The Kier molecular flexibility index (Phi) is 8.44. The van der Waals surface area contributed by atoms with Crippen LogP contribution in [0.2, 0.25) is 0 Å². The van der Waals surface area contributed by atoms with Crippen LogP contribution in [0, 0.1) is 6.92 Å². The number of carbonyl (C=O) groups is 1. The molecule has 0 saturated carbocycles. The van der Waals surface area contributed by atoms with E-state index in [0.29, 0.717) is 40.9 Å². The Bertz CT molecular complexity index is 1190. The molecule has 3 aromatic rings. The fraction of sp³-hybridized carbons (Fsp3) is 0.419. The van der Waals surface area contributed by atoms with Crippen LogP contribution in [0.1, 0.15) is 117 Å². The monoisotopic (exact) mass is 486 g/mol. The Hall–Kier alpha value is -3.34. The van der Waals surface area contributed by atoms with E-state index >= 15 is 0 Å². The number of aromatic nitrogens is 1. The molecule has 0 aliphatic rings. The molecule has 0 aliphatic heterocycles. The molecular formula is C31H42N4O. The number of nitrogens with two attached hydrogens (primary N) is 1. The second-order valence-electron chi connectivity index (χ2n) is 10.9. The standard InChI is InChI=1S/C31H42N4O/c1-17(2)22-12-10-13-23(18(3)4)28(22)33-26-16-21(9)27(30(32)36)31(34-26)35-29-24(19(5)6)14-11-15-25(29)20(7)8/h10-20H,1-9H3,(H2,32,36)(H2,33,34,35). The number of nitrogens with zero attached hydrogens (tertiary/aromatic N) is 1. The van der Waals surface area contributed by atoms with E-state index in [1.165, 1.54) is 22.3 Å². The number of primary amides is 1. The van der Waals surface area contributed by atoms with Gasteiger partial charge in [0, 0.05) is 11.4 Å². The topological polar surface area (TPSA) is 80.0 Å². The van der Waals surface area contributed by atoms with Crippen LogP contribution in [-0.2, 0) is 0 Å². The summed E-state index contributed by atoms with van der Waals surface area (Å²) in [6.45, 7) is 19.4. The largest absolute Gasteiger partial charge is 0.365 e. The molecule has 3 rings (SSSR count). The maximum Gasteiger partial charge on any atom is 0.252 e. The van der Waals surface area contributed by atoms with E-state index in [1.54, 1.807) is 0 Å². The molecule has 0 radical (unpaired) electrons. The first-order valence-electron chi connectivity index (χ1n) is 13.0. The van der Waals surface area contributed by atoms with E-state index in [-0.39, 0.29) is 0 Å². The lowest BCUT2D eigenvalue weighted by Gasteiger charge is -2.23. The molecule has 5 heteroatoms. The Balaban J connectivity index is 2.20. The van der Waals surface area contributed by atoms with Crippen LogP contribution < -0.4 is 16.4 Å². The van der Waals surface area contributed by atoms with Gasteiger partial charge in [-0.25, -0.2) is 4.98 Å². The van der Waals surface area contributed by atoms with Gasteiger partial charge >= 0.3 is 0 Å². The summed E-state index contributed by atoms with van der Waals surface area (Å²) in [4.78, 5) is 17.5. The molecular weight excluding hydrogens is 444 g/mol. The van der Waals surface area contributed by atoms with Gasteiger partial charge in [-0.2, -0.15) is 0 Å². The second kappa shape index (κ2) is 11.2. The Labute approximate surface area is 216 Å². The number of anilines is 4. The molecule has 0 spiro atoms. The minimum Gasteiger partial charge on any atom is -0.365 e. The third kappa shape index (κ3) is 5.72. The van der Waals surface area contributed by atoms with Gasteiger partial charge in [0.2, 0.25) is 0 Å². The average molecular weight is 487 g/mol. The summed E-state index contributed by atoms with van der Waals surface area (Å²) in [7, 11) is 0. The fourth-order valence-electron chi connectivity index (χ4n) is 4.78. The van der Waals surface area contributed by atoms with Crippen molar-refractivity contribution in [1.29, 1.82) is 0 Å². The summed E-state index contributed by atoms with van der Waals surface area (Å²) in [5.74, 6) is 1.97. The molecule has 0 unspecified atom stereocenters. The molecule has 2 aromatic carbocycles. The van der Waals surface area contributed by atoms with Crippen molar-refractivity contribution < 1.29 is 4.79 Å². The number of amides is 1. The first kappa shape index (κ1) is 27.3. The normalized spacial score (nSPS) is 11.6. The molecule has 0 aliphatic carbocycles. The Morgan fingerprint density at radius 3 is 1.47 bits per heavy atom. The fourth-order valence-corrected chi connectivity index (χ4v) is 4.78. The lowest BCUT2D eigenvalue weighted by atomic mass is 9.92. The number of nitrogens with one attached hydrogen (secondary N) is 2. The molecule has 1 heterocycles. The summed E-state index contributed by atoms with van der Waals surface area (Å²) in [6, 6.07) is 14.7. The summed E-state index contributed by atoms with van der Waals surface area (Å²) < 4.78 is 0. The first-order valence-corrected chi connectivity index (χ1v) is 13.0.